The zero-order chi connectivity index (χ0) is 16.6. The fraction of sp³-hybridized carbons (Fsp3) is 0.133. The minimum absolute atomic E-state index is 0.150. The first-order valence-corrected chi connectivity index (χ1v) is 7.70. The second-order valence-corrected chi connectivity index (χ2v) is 6.03. The summed E-state index contributed by atoms with van der Waals surface area (Å²) in [6.45, 7) is 0. The van der Waals surface area contributed by atoms with Gasteiger partial charge in [-0.25, -0.2) is 4.98 Å². The maximum atomic E-state index is 11.2. The summed E-state index contributed by atoms with van der Waals surface area (Å²) in [5, 5.41) is 12.6. The average Bonchev–Trinajstić information content (AvgIpc) is 2.98. The SMILES string of the molecule is COc1cc([N+](=O)[O-])c(OC)c2sc(-c3ccc(Cl)cc3)nc12. The molecular weight excluding hydrogens is 340 g/mol. The van der Waals surface area contributed by atoms with Crippen LogP contribution in [-0.4, -0.2) is 24.1 Å². The third kappa shape index (κ3) is 2.69. The number of hydrogen-bond donors (Lipinski definition) is 0. The van der Waals surface area contributed by atoms with Crippen LogP contribution < -0.4 is 9.47 Å². The van der Waals surface area contributed by atoms with Crippen LogP contribution in [0.3, 0.4) is 0 Å². The molecule has 23 heavy (non-hydrogen) atoms. The second kappa shape index (κ2) is 6.02. The smallest absolute Gasteiger partial charge is 0.316 e. The number of hydrogen-bond acceptors (Lipinski definition) is 6. The number of halogens is 1. The maximum Gasteiger partial charge on any atom is 0.316 e. The van der Waals surface area contributed by atoms with Gasteiger partial charge in [0, 0.05) is 10.6 Å². The van der Waals surface area contributed by atoms with Crippen molar-refractivity contribution in [1.29, 1.82) is 0 Å². The molecule has 0 bridgehead atoms. The zero-order valence-electron chi connectivity index (χ0n) is 12.2. The lowest BCUT2D eigenvalue weighted by Gasteiger charge is -2.05. The molecule has 0 atom stereocenters. The fourth-order valence-corrected chi connectivity index (χ4v) is 3.45. The summed E-state index contributed by atoms with van der Waals surface area (Å²) in [7, 11) is 2.85. The normalized spacial score (nSPS) is 10.7. The summed E-state index contributed by atoms with van der Waals surface area (Å²) in [6, 6.07) is 8.53. The Bertz CT molecular complexity index is 893. The van der Waals surface area contributed by atoms with Gasteiger partial charge in [0.25, 0.3) is 0 Å². The number of benzene rings is 2. The van der Waals surface area contributed by atoms with Gasteiger partial charge < -0.3 is 9.47 Å². The molecule has 0 spiro atoms. The van der Waals surface area contributed by atoms with Crippen molar-refractivity contribution in [3.05, 3.63) is 45.5 Å². The summed E-state index contributed by atoms with van der Waals surface area (Å²) in [6.07, 6.45) is 0. The number of ether oxygens (including phenoxy) is 2. The molecule has 2 aromatic carbocycles. The lowest BCUT2D eigenvalue weighted by Crippen LogP contribution is -1.96. The van der Waals surface area contributed by atoms with Crippen molar-refractivity contribution in [3.63, 3.8) is 0 Å². The van der Waals surface area contributed by atoms with Crippen LogP contribution in [0.25, 0.3) is 20.8 Å². The Kier molecular flexibility index (Phi) is 4.06. The largest absolute Gasteiger partial charge is 0.494 e. The van der Waals surface area contributed by atoms with Crippen LogP contribution >= 0.6 is 22.9 Å². The summed E-state index contributed by atoms with van der Waals surface area (Å²) in [5.41, 5.74) is 1.25. The molecule has 1 aromatic heterocycles. The molecule has 0 fully saturated rings. The Hall–Kier alpha value is -2.38. The molecule has 1 heterocycles. The van der Waals surface area contributed by atoms with Crippen molar-refractivity contribution >= 4 is 38.8 Å². The minimum atomic E-state index is -0.498. The highest BCUT2D eigenvalue weighted by molar-refractivity contribution is 7.22. The Labute approximate surface area is 140 Å². The van der Waals surface area contributed by atoms with Gasteiger partial charge in [-0.3, -0.25) is 10.1 Å². The van der Waals surface area contributed by atoms with Crippen molar-refractivity contribution < 1.29 is 14.4 Å². The highest BCUT2D eigenvalue weighted by Gasteiger charge is 2.25. The van der Waals surface area contributed by atoms with E-state index in [1.807, 2.05) is 12.1 Å². The number of aromatic nitrogens is 1. The Balaban J connectivity index is 2.29. The van der Waals surface area contributed by atoms with Crippen LogP contribution in [0.2, 0.25) is 5.02 Å². The standard InChI is InChI=1S/C15H11ClN2O4S/c1-21-11-7-10(18(19)20)13(22-2)14-12(11)17-15(23-14)8-3-5-9(16)6-4-8/h3-7H,1-2H3. The first-order chi connectivity index (χ1) is 11.0. The van der Waals surface area contributed by atoms with Crippen molar-refractivity contribution in [2.24, 2.45) is 0 Å². The molecule has 8 heteroatoms. The third-order valence-corrected chi connectivity index (χ3v) is 4.63. The molecule has 0 saturated carbocycles. The number of fused-ring (bicyclic) bond motifs is 1. The van der Waals surface area contributed by atoms with E-state index >= 15 is 0 Å². The number of nitro benzene ring substituents is 1. The van der Waals surface area contributed by atoms with E-state index in [0.717, 1.165) is 5.56 Å². The Morgan fingerprint density at radius 2 is 1.91 bits per heavy atom. The topological polar surface area (TPSA) is 74.5 Å². The summed E-state index contributed by atoms with van der Waals surface area (Å²) >= 11 is 7.20. The first kappa shape index (κ1) is 15.5. The summed E-state index contributed by atoms with van der Waals surface area (Å²) < 4.78 is 11.1. The van der Waals surface area contributed by atoms with Crippen molar-refractivity contribution in [2.45, 2.75) is 0 Å². The Morgan fingerprint density at radius 1 is 1.22 bits per heavy atom. The van der Waals surface area contributed by atoms with Gasteiger partial charge >= 0.3 is 5.69 Å². The van der Waals surface area contributed by atoms with E-state index in [-0.39, 0.29) is 11.4 Å². The first-order valence-electron chi connectivity index (χ1n) is 6.51. The molecule has 0 saturated heterocycles. The van der Waals surface area contributed by atoms with E-state index in [4.69, 9.17) is 21.1 Å². The molecule has 0 amide bonds. The fourth-order valence-electron chi connectivity index (χ4n) is 2.22. The van der Waals surface area contributed by atoms with Crippen LogP contribution in [0, 0.1) is 10.1 Å². The molecular formula is C15H11ClN2O4S. The number of thiazole rings is 1. The van der Waals surface area contributed by atoms with Crippen molar-refractivity contribution in [1.82, 2.24) is 4.98 Å². The third-order valence-electron chi connectivity index (χ3n) is 3.28. The van der Waals surface area contributed by atoms with Crippen LogP contribution in [0.15, 0.2) is 30.3 Å². The lowest BCUT2D eigenvalue weighted by molar-refractivity contribution is -0.385. The number of nitrogens with zero attached hydrogens (tertiary/aromatic N) is 2. The zero-order valence-corrected chi connectivity index (χ0v) is 13.8. The highest BCUT2D eigenvalue weighted by Crippen LogP contribution is 2.45. The molecule has 3 aromatic rings. The molecule has 0 aliphatic rings. The monoisotopic (exact) mass is 350 g/mol. The van der Waals surface area contributed by atoms with E-state index < -0.39 is 4.92 Å². The summed E-state index contributed by atoms with van der Waals surface area (Å²) in [4.78, 5) is 15.3. The van der Waals surface area contributed by atoms with Crippen molar-refractivity contribution in [3.8, 4) is 22.1 Å². The summed E-state index contributed by atoms with van der Waals surface area (Å²) in [5.74, 6) is 0.521. The lowest BCUT2D eigenvalue weighted by atomic mass is 10.2. The molecule has 0 aliphatic heterocycles. The van der Waals surface area contributed by atoms with Gasteiger partial charge in [-0.05, 0) is 12.1 Å². The van der Waals surface area contributed by atoms with Gasteiger partial charge in [0.2, 0.25) is 5.75 Å². The van der Waals surface area contributed by atoms with Crippen LogP contribution in [0.4, 0.5) is 5.69 Å². The van der Waals surface area contributed by atoms with E-state index in [9.17, 15) is 10.1 Å². The number of methoxy groups -OCH3 is 2. The molecule has 3 rings (SSSR count). The minimum Gasteiger partial charge on any atom is -0.494 e. The van der Waals surface area contributed by atoms with Crippen LogP contribution in [0.1, 0.15) is 0 Å². The van der Waals surface area contributed by atoms with Gasteiger partial charge in [-0.2, -0.15) is 0 Å². The van der Waals surface area contributed by atoms with E-state index in [0.29, 0.717) is 26.0 Å². The molecule has 6 nitrogen and oxygen atoms in total. The van der Waals surface area contributed by atoms with E-state index in [2.05, 4.69) is 4.98 Å². The predicted molar refractivity (Wildman–Crippen MR) is 89.8 cm³/mol. The predicted octanol–water partition coefficient (Wildman–Crippen LogP) is 4.54. The van der Waals surface area contributed by atoms with Gasteiger partial charge in [-0.1, -0.05) is 23.7 Å². The number of rotatable bonds is 4. The highest BCUT2D eigenvalue weighted by atomic mass is 35.5. The number of nitro groups is 1. The second-order valence-electron chi connectivity index (χ2n) is 4.59. The molecule has 0 unspecified atom stereocenters. The van der Waals surface area contributed by atoms with E-state index in [1.54, 1.807) is 12.1 Å². The maximum absolute atomic E-state index is 11.2. The Morgan fingerprint density at radius 3 is 2.48 bits per heavy atom. The van der Waals surface area contributed by atoms with Gasteiger partial charge in [-0.15, -0.1) is 11.3 Å². The molecule has 0 aliphatic carbocycles. The van der Waals surface area contributed by atoms with Gasteiger partial charge in [0.1, 0.15) is 15.2 Å². The molecule has 0 radical (unpaired) electrons. The van der Waals surface area contributed by atoms with Crippen LogP contribution in [-0.2, 0) is 0 Å². The van der Waals surface area contributed by atoms with Crippen LogP contribution in [0.5, 0.6) is 11.5 Å². The van der Waals surface area contributed by atoms with E-state index in [1.165, 1.54) is 31.6 Å². The molecule has 118 valence electrons. The van der Waals surface area contributed by atoms with Gasteiger partial charge in [0.15, 0.2) is 5.75 Å². The quantitative estimate of drug-likeness (QED) is 0.510. The molecule has 0 N–H and O–H groups in total. The van der Waals surface area contributed by atoms with Crippen molar-refractivity contribution in [2.75, 3.05) is 14.2 Å². The average molecular weight is 351 g/mol. The van der Waals surface area contributed by atoms with Gasteiger partial charge in [0.05, 0.1) is 25.2 Å².